The number of nitrogens with one attached hydrogen (secondary N) is 2. The maximum absolute atomic E-state index is 12.3. The van der Waals surface area contributed by atoms with Crippen LogP contribution in [0, 0.1) is 0 Å². The van der Waals surface area contributed by atoms with E-state index in [1.807, 2.05) is 18.2 Å². The molecular weight excluding hydrogens is 529 g/mol. The molecule has 0 aliphatic carbocycles. The van der Waals surface area contributed by atoms with Crippen molar-refractivity contribution < 1.29 is 9.53 Å². The Labute approximate surface area is 213 Å². The number of guanidine groups is 1. The number of amides is 1. The summed E-state index contributed by atoms with van der Waals surface area (Å²) in [6.07, 6.45) is 0.983. The molecule has 2 unspecified atom stereocenters. The number of halogens is 1. The van der Waals surface area contributed by atoms with Crippen LogP contribution in [0.3, 0.4) is 0 Å². The average molecular weight is 563 g/mol. The fourth-order valence-corrected chi connectivity index (χ4v) is 4.49. The Bertz CT molecular complexity index is 896. The Balaban J connectivity index is 0.00000306. The van der Waals surface area contributed by atoms with Crippen molar-refractivity contribution >= 4 is 35.8 Å². The van der Waals surface area contributed by atoms with Gasteiger partial charge in [-0.3, -0.25) is 14.7 Å². The molecule has 2 aliphatic heterocycles. The number of ether oxygens (including phenoxy) is 1. The summed E-state index contributed by atoms with van der Waals surface area (Å²) in [5.41, 5.74) is 2.54. The van der Waals surface area contributed by atoms with Crippen LogP contribution in [-0.4, -0.2) is 80.2 Å². The van der Waals surface area contributed by atoms with Crippen LogP contribution in [0.1, 0.15) is 11.1 Å². The number of aliphatic imine (C=N–C) groups is 1. The minimum absolute atomic E-state index is 0. The number of fused-ring (bicyclic) bond motifs is 1. The molecule has 2 atom stereocenters. The van der Waals surface area contributed by atoms with Crippen LogP contribution in [0.25, 0.3) is 0 Å². The van der Waals surface area contributed by atoms with Crippen LogP contribution in [0.2, 0.25) is 0 Å². The van der Waals surface area contributed by atoms with Gasteiger partial charge in [0.05, 0.1) is 25.3 Å². The first-order valence-corrected chi connectivity index (χ1v) is 11.4. The third-order valence-electron chi connectivity index (χ3n) is 6.14. The molecule has 0 bridgehead atoms. The summed E-state index contributed by atoms with van der Waals surface area (Å²) >= 11 is 0. The molecule has 0 spiro atoms. The highest BCUT2D eigenvalue weighted by Crippen LogP contribution is 2.24. The lowest BCUT2D eigenvalue weighted by atomic mass is 10.1. The first-order chi connectivity index (χ1) is 15.7. The van der Waals surface area contributed by atoms with Gasteiger partial charge in [-0.15, -0.1) is 24.0 Å². The number of hydrogen-bond donors (Lipinski definition) is 2. The number of rotatable bonds is 7. The number of likely N-dealkylation sites (tertiary alicyclic amines) is 1. The predicted octanol–water partition coefficient (Wildman–Crippen LogP) is 2.12. The second kappa shape index (κ2) is 12.9. The van der Waals surface area contributed by atoms with E-state index in [1.54, 1.807) is 7.05 Å². The Kier molecular flexibility index (Phi) is 9.95. The van der Waals surface area contributed by atoms with Crippen molar-refractivity contribution in [2.24, 2.45) is 4.99 Å². The highest BCUT2D eigenvalue weighted by Gasteiger charge is 2.41. The monoisotopic (exact) mass is 563 g/mol. The molecule has 4 rings (SSSR count). The SMILES string of the molecule is CN=C(NCC(=O)NCCc1ccccc1)N1CC2OCCN(Cc3ccccc3)C2C1.I. The molecule has 2 aromatic rings. The molecule has 7 nitrogen and oxygen atoms in total. The molecule has 8 heteroatoms. The van der Waals surface area contributed by atoms with Gasteiger partial charge in [-0.05, 0) is 17.5 Å². The second-order valence-electron chi connectivity index (χ2n) is 8.32. The van der Waals surface area contributed by atoms with Gasteiger partial charge in [0.25, 0.3) is 0 Å². The minimum Gasteiger partial charge on any atom is -0.373 e. The van der Waals surface area contributed by atoms with Crippen molar-refractivity contribution in [3.63, 3.8) is 0 Å². The number of benzene rings is 2. The van der Waals surface area contributed by atoms with Gasteiger partial charge in [-0.25, -0.2) is 0 Å². The summed E-state index contributed by atoms with van der Waals surface area (Å²) < 4.78 is 6.07. The molecule has 2 heterocycles. The third kappa shape index (κ3) is 7.15. The topological polar surface area (TPSA) is 69.2 Å². The molecule has 2 fully saturated rings. The number of morpholine rings is 1. The number of nitrogens with zero attached hydrogens (tertiary/aromatic N) is 3. The van der Waals surface area contributed by atoms with Crippen molar-refractivity contribution in [2.45, 2.75) is 25.1 Å². The molecule has 0 radical (unpaired) electrons. The fraction of sp³-hybridized carbons (Fsp3) is 0.440. The van der Waals surface area contributed by atoms with E-state index < -0.39 is 0 Å². The largest absolute Gasteiger partial charge is 0.373 e. The van der Waals surface area contributed by atoms with E-state index in [0.717, 1.165) is 45.2 Å². The van der Waals surface area contributed by atoms with Crippen LogP contribution in [0.4, 0.5) is 0 Å². The van der Waals surface area contributed by atoms with E-state index in [0.29, 0.717) is 12.6 Å². The van der Waals surface area contributed by atoms with E-state index >= 15 is 0 Å². The van der Waals surface area contributed by atoms with Gasteiger partial charge >= 0.3 is 0 Å². The molecule has 33 heavy (non-hydrogen) atoms. The third-order valence-corrected chi connectivity index (χ3v) is 6.14. The summed E-state index contributed by atoms with van der Waals surface area (Å²) in [6.45, 7) is 5.06. The van der Waals surface area contributed by atoms with Gasteiger partial charge in [0.1, 0.15) is 0 Å². The lowest BCUT2D eigenvalue weighted by molar-refractivity contribution is -0.120. The summed E-state index contributed by atoms with van der Waals surface area (Å²) in [4.78, 5) is 21.4. The van der Waals surface area contributed by atoms with Crippen LogP contribution < -0.4 is 10.6 Å². The van der Waals surface area contributed by atoms with Crippen molar-refractivity contribution in [2.75, 3.05) is 46.4 Å². The molecule has 2 saturated heterocycles. The van der Waals surface area contributed by atoms with Crippen molar-refractivity contribution in [1.29, 1.82) is 0 Å². The molecule has 2 aromatic carbocycles. The first-order valence-electron chi connectivity index (χ1n) is 11.4. The Morgan fingerprint density at radius 1 is 1.03 bits per heavy atom. The summed E-state index contributed by atoms with van der Waals surface area (Å²) in [5.74, 6) is 0.724. The average Bonchev–Trinajstić information content (AvgIpc) is 3.26. The van der Waals surface area contributed by atoms with Crippen molar-refractivity contribution in [3.8, 4) is 0 Å². The van der Waals surface area contributed by atoms with Gasteiger partial charge in [-0.2, -0.15) is 0 Å². The van der Waals surface area contributed by atoms with Gasteiger partial charge in [0.15, 0.2) is 5.96 Å². The van der Waals surface area contributed by atoms with Crippen LogP contribution in [0.15, 0.2) is 65.7 Å². The molecule has 1 amide bonds. The lowest BCUT2D eigenvalue weighted by Crippen LogP contribution is -2.50. The minimum atomic E-state index is -0.0272. The molecular formula is C25H34IN5O2. The number of carbonyl (C=O) groups excluding carboxylic acids is 1. The Morgan fingerprint density at radius 2 is 1.73 bits per heavy atom. The molecule has 178 valence electrons. The molecule has 0 saturated carbocycles. The zero-order valence-corrected chi connectivity index (χ0v) is 21.5. The van der Waals surface area contributed by atoms with E-state index in [1.165, 1.54) is 11.1 Å². The van der Waals surface area contributed by atoms with Crippen LogP contribution in [-0.2, 0) is 22.5 Å². The van der Waals surface area contributed by atoms with E-state index in [-0.39, 0.29) is 42.5 Å². The number of carbonyl (C=O) groups is 1. The highest BCUT2D eigenvalue weighted by molar-refractivity contribution is 14.0. The predicted molar refractivity (Wildman–Crippen MR) is 142 cm³/mol. The Morgan fingerprint density at radius 3 is 2.42 bits per heavy atom. The quantitative estimate of drug-likeness (QED) is 0.307. The van der Waals surface area contributed by atoms with E-state index in [2.05, 4.69) is 67.9 Å². The zero-order chi connectivity index (χ0) is 22.2. The summed E-state index contributed by atoms with van der Waals surface area (Å²) in [5, 5.41) is 6.20. The van der Waals surface area contributed by atoms with Gasteiger partial charge in [0.2, 0.25) is 5.91 Å². The summed E-state index contributed by atoms with van der Waals surface area (Å²) in [6, 6.07) is 21.1. The lowest BCUT2D eigenvalue weighted by Gasteiger charge is -2.36. The molecule has 0 aromatic heterocycles. The molecule has 2 N–H and O–H groups in total. The normalized spacial score (nSPS) is 20.6. The smallest absolute Gasteiger partial charge is 0.239 e. The maximum atomic E-state index is 12.3. The second-order valence-corrected chi connectivity index (χ2v) is 8.32. The van der Waals surface area contributed by atoms with Gasteiger partial charge < -0.3 is 20.3 Å². The van der Waals surface area contributed by atoms with Crippen molar-refractivity contribution in [1.82, 2.24) is 20.4 Å². The fourth-order valence-electron chi connectivity index (χ4n) is 4.49. The zero-order valence-electron chi connectivity index (χ0n) is 19.2. The van der Waals surface area contributed by atoms with Crippen LogP contribution >= 0.6 is 24.0 Å². The van der Waals surface area contributed by atoms with Gasteiger partial charge in [-0.1, -0.05) is 60.7 Å². The number of hydrogen-bond acceptors (Lipinski definition) is 4. The van der Waals surface area contributed by atoms with Crippen molar-refractivity contribution in [3.05, 3.63) is 71.8 Å². The standard InChI is InChI=1S/C25H33N5O2.HI/c1-26-25(28-16-24(31)27-13-12-20-8-4-2-5-9-20)30-18-22-23(19-30)32-15-14-29(22)17-21-10-6-3-7-11-21;/h2-11,22-23H,12-19H2,1H3,(H,26,28)(H,27,31);1H. The highest BCUT2D eigenvalue weighted by atomic mass is 127. The van der Waals surface area contributed by atoms with E-state index in [4.69, 9.17) is 4.74 Å². The first kappa shape index (κ1) is 25.5. The van der Waals surface area contributed by atoms with Gasteiger partial charge in [0, 0.05) is 39.8 Å². The maximum Gasteiger partial charge on any atom is 0.239 e. The van der Waals surface area contributed by atoms with Crippen LogP contribution in [0.5, 0.6) is 0 Å². The summed E-state index contributed by atoms with van der Waals surface area (Å²) in [7, 11) is 1.76. The Hall–Kier alpha value is -2.17. The van der Waals surface area contributed by atoms with E-state index in [9.17, 15) is 4.79 Å². The molecule has 2 aliphatic rings.